The van der Waals surface area contributed by atoms with Gasteiger partial charge in [0.25, 0.3) is 0 Å². The molecule has 1 unspecified atom stereocenters. The molecule has 78 valence electrons. The van der Waals surface area contributed by atoms with Crippen molar-refractivity contribution in [1.29, 1.82) is 0 Å². The number of aliphatic hydroxyl groups excluding tert-OH is 1. The lowest BCUT2D eigenvalue weighted by Gasteiger charge is -2.13. The Bertz CT molecular complexity index is 304. The Morgan fingerprint density at radius 3 is 2.50 bits per heavy atom. The van der Waals surface area contributed by atoms with E-state index in [1.807, 2.05) is 0 Å². The van der Waals surface area contributed by atoms with E-state index in [4.69, 9.17) is 10.8 Å². The van der Waals surface area contributed by atoms with Crippen molar-refractivity contribution < 1.29 is 13.9 Å². The van der Waals surface area contributed by atoms with Crippen molar-refractivity contribution in [3.05, 3.63) is 35.4 Å². The predicted molar refractivity (Wildman–Crippen MR) is 49.9 cm³/mol. The van der Waals surface area contributed by atoms with E-state index in [-0.39, 0.29) is 12.5 Å². The summed E-state index contributed by atoms with van der Waals surface area (Å²) in [6.45, 7) is 0.298. The van der Waals surface area contributed by atoms with Gasteiger partial charge in [-0.3, -0.25) is 0 Å². The lowest BCUT2D eigenvalue weighted by molar-refractivity contribution is 0.276. The molecule has 0 aliphatic carbocycles. The maximum Gasteiger partial charge on any atom is 0.159 e. The molecule has 2 nitrogen and oxygen atoms in total. The van der Waals surface area contributed by atoms with Crippen LogP contribution in [0.4, 0.5) is 8.78 Å². The fourth-order valence-electron chi connectivity index (χ4n) is 1.34. The number of halogens is 2. The van der Waals surface area contributed by atoms with Gasteiger partial charge in [0.1, 0.15) is 0 Å². The van der Waals surface area contributed by atoms with Crippen molar-refractivity contribution in [1.82, 2.24) is 0 Å². The lowest BCUT2D eigenvalue weighted by Crippen LogP contribution is -2.14. The molecule has 0 aliphatic heterocycles. The summed E-state index contributed by atoms with van der Waals surface area (Å²) < 4.78 is 25.4. The minimum absolute atomic E-state index is 0.0130. The zero-order valence-corrected chi connectivity index (χ0v) is 7.71. The van der Waals surface area contributed by atoms with Crippen LogP contribution in [0.3, 0.4) is 0 Å². The molecule has 0 fully saturated rings. The van der Waals surface area contributed by atoms with E-state index in [1.54, 1.807) is 0 Å². The van der Waals surface area contributed by atoms with Crippen LogP contribution in [0.1, 0.15) is 17.9 Å². The number of hydrogen-bond donors (Lipinski definition) is 2. The van der Waals surface area contributed by atoms with Crippen molar-refractivity contribution in [2.45, 2.75) is 12.3 Å². The molecule has 0 saturated heterocycles. The molecule has 0 saturated carbocycles. The van der Waals surface area contributed by atoms with Crippen LogP contribution in [0.25, 0.3) is 0 Å². The third-order valence-corrected chi connectivity index (χ3v) is 2.18. The highest BCUT2D eigenvalue weighted by Gasteiger charge is 2.11. The van der Waals surface area contributed by atoms with Gasteiger partial charge in [-0.15, -0.1) is 0 Å². The van der Waals surface area contributed by atoms with Crippen LogP contribution in [0.2, 0.25) is 0 Å². The van der Waals surface area contributed by atoms with E-state index < -0.39 is 11.6 Å². The Morgan fingerprint density at radius 1 is 1.29 bits per heavy atom. The Balaban J connectivity index is 2.88. The van der Waals surface area contributed by atoms with Crippen molar-refractivity contribution in [2.75, 3.05) is 13.2 Å². The average molecular weight is 201 g/mol. The van der Waals surface area contributed by atoms with Crippen LogP contribution >= 0.6 is 0 Å². The Morgan fingerprint density at radius 2 is 2.00 bits per heavy atom. The monoisotopic (exact) mass is 201 g/mol. The molecular weight excluding hydrogens is 188 g/mol. The number of benzene rings is 1. The molecule has 0 aliphatic rings. The molecule has 0 amide bonds. The topological polar surface area (TPSA) is 46.2 Å². The summed E-state index contributed by atoms with van der Waals surface area (Å²) in [4.78, 5) is 0. The number of aliphatic hydroxyl groups is 1. The second-order valence-electron chi connectivity index (χ2n) is 3.12. The highest BCUT2D eigenvalue weighted by molar-refractivity contribution is 5.22. The van der Waals surface area contributed by atoms with Gasteiger partial charge in [-0.2, -0.15) is 0 Å². The summed E-state index contributed by atoms with van der Waals surface area (Å²) in [5, 5.41) is 8.73. The minimum atomic E-state index is -0.876. The zero-order chi connectivity index (χ0) is 10.6. The van der Waals surface area contributed by atoms with Gasteiger partial charge >= 0.3 is 0 Å². The van der Waals surface area contributed by atoms with E-state index >= 15 is 0 Å². The van der Waals surface area contributed by atoms with Gasteiger partial charge in [0.15, 0.2) is 11.6 Å². The third kappa shape index (κ3) is 2.49. The van der Waals surface area contributed by atoms with Gasteiger partial charge in [-0.25, -0.2) is 8.78 Å². The van der Waals surface area contributed by atoms with Crippen molar-refractivity contribution >= 4 is 0 Å². The molecule has 0 aromatic heterocycles. The summed E-state index contributed by atoms with van der Waals surface area (Å²) in [7, 11) is 0. The highest BCUT2D eigenvalue weighted by atomic mass is 19.2. The summed E-state index contributed by atoms with van der Waals surface area (Å²) in [6, 6.07) is 3.69. The maximum absolute atomic E-state index is 12.8. The van der Waals surface area contributed by atoms with Crippen LogP contribution in [-0.4, -0.2) is 18.3 Å². The van der Waals surface area contributed by atoms with Crippen LogP contribution in [-0.2, 0) is 0 Å². The van der Waals surface area contributed by atoms with E-state index in [0.29, 0.717) is 18.5 Å². The zero-order valence-electron chi connectivity index (χ0n) is 7.71. The molecule has 14 heavy (non-hydrogen) atoms. The first-order valence-corrected chi connectivity index (χ1v) is 4.45. The van der Waals surface area contributed by atoms with E-state index in [1.165, 1.54) is 6.07 Å². The van der Waals surface area contributed by atoms with Crippen LogP contribution in [0, 0.1) is 11.6 Å². The SMILES string of the molecule is NCC(CCO)c1ccc(F)c(F)c1. The molecule has 1 aromatic rings. The average Bonchev–Trinajstić information content (AvgIpc) is 2.19. The Kier molecular flexibility index (Phi) is 3.98. The second kappa shape index (κ2) is 5.02. The molecule has 1 atom stereocenters. The van der Waals surface area contributed by atoms with Gasteiger partial charge in [0.05, 0.1) is 0 Å². The molecule has 1 aromatic carbocycles. The standard InChI is InChI=1S/C10H13F2NO/c11-9-2-1-7(5-10(9)12)8(6-13)3-4-14/h1-2,5,8,14H,3-4,6,13H2. The normalized spacial score (nSPS) is 12.9. The predicted octanol–water partition coefficient (Wildman–Crippen LogP) is 1.39. The molecule has 0 heterocycles. The molecule has 0 radical (unpaired) electrons. The molecule has 0 bridgehead atoms. The van der Waals surface area contributed by atoms with Crippen molar-refractivity contribution in [3.63, 3.8) is 0 Å². The van der Waals surface area contributed by atoms with E-state index in [0.717, 1.165) is 12.1 Å². The quantitative estimate of drug-likeness (QED) is 0.773. The fourth-order valence-corrected chi connectivity index (χ4v) is 1.34. The molecule has 3 N–H and O–H groups in total. The largest absolute Gasteiger partial charge is 0.396 e. The third-order valence-electron chi connectivity index (χ3n) is 2.18. The van der Waals surface area contributed by atoms with E-state index in [2.05, 4.69) is 0 Å². The Labute approximate surface area is 81.4 Å². The molecule has 1 rings (SSSR count). The fraction of sp³-hybridized carbons (Fsp3) is 0.400. The van der Waals surface area contributed by atoms with Gasteiger partial charge in [0.2, 0.25) is 0 Å². The van der Waals surface area contributed by atoms with Crippen LogP contribution in [0.15, 0.2) is 18.2 Å². The van der Waals surface area contributed by atoms with Gasteiger partial charge in [0, 0.05) is 6.61 Å². The Hall–Kier alpha value is -1.00. The number of hydrogen-bond acceptors (Lipinski definition) is 2. The first-order valence-electron chi connectivity index (χ1n) is 4.45. The van der Waals surface area contributed by atoms with Gasteiger partial charge in [-0.1, -0.05) is 6.07 Å². The summed E-state index contributed by atoms with van der Waals surface area (Å²) in [5.74, 6) is -1.86. The lowest BCUT2D eigenvalue weighted by atomic mass is 9.96. The van der Waals surface area contributed by atoms with E-state index in [9.17, 15) is 8.78 Å². The van der Waals surface area contributed by atoms with Crippen molar-refractivity contribution in [3.8, 4) is 0 Å². The molecule has 4 heteroatoms. The highest BCUT2D eigenvalue weighted by Crippen LogP contribution is 2.20. The molecule has 0 spiro atoms. The minimum Gasteiger partial charge on any atom is -0.396 e. The first kappa shape index (κ1) is 11.1. The molecular formula is C10H13F2NO. The smallest absolute Gasteiger partial charge is 0.159 e. The van der Waals surface area contributed by atoms with Gasteiger partial charge in [-0.05, 0) is 36.6 Å². The number of nitrogens with two attached hydrogens (primary N) is 1. The summed E-state index contributed by atoms with van der Waals surface area (Å²) in [6.07, 6.45) is 0.460. The van der Waals surface area contributed by atoms with Crippen LogP contribution in [0.5, 0.6) is 0 Å². The summed E-state index contributed by atoms with van der Waals surface area (Å²) in [5.41, 5.74) is 6.08. The number of rotatable bonds is 4. The second-order valence-corrected chi connectivity index (χ2v) is 3.12. The van der Waals surface area contributed by atoms with Crippen LogP contribution < -0.4 is 5.73 Å². The maximum atomic E-state index is 12.8. The summed E-state index contributed by atoms with van der Waals surface area (Å²) >= 11 is 0. The van der Waals surface area contributed by atoms with Gasteiger partial charge < -0.3 is 10.8 Å². The van der Waals surface area contributed by atoms with Crippen molar-refractivity contribution in [2.24, 2.45) is 5.73 Å². The first-order chi connectivity index (χ1) is 6.69.